The van der Waals surface area contributed by atoms with Crippen LogP contribution >= 0.6 is 11.3 Å². The molecule has 2 amide bonds. The molecule has 2 aromatic heterocycles. The highest BCUT2D eigenvalue weighted by molar-refractivity contribution is 7.20. The van der Waals surface area contributed by atoms with E-state index in [1.165, 1.54) is 24.0 Å². The number of carbonyl (C=O) groups is 3. The number of ether oxygens (including phenoxy) is 2. The number of carbonyl (C=O) groups excluding carboxylic acids is 3. The van der Waals surface area contributed by atoms with Crippen LogP contribution in [-0.4, -0.2) is 42.2 Å². The predicted molar refractivity (Wildman–Crippen MR) is 161 cm³/mol. The summed E-state index contributed by atoms with van der Waals surface area (Å²) in [6.07, 6.45) is 2.94. The highest BCUT2D eigenvalue weighted by Crippen LogP contribution is 2.38. The summed E-state index contributed by atoms with van der Waals surface area (Å²) in [6, 6.07) is 10.6. The number of hydrogen-bond donors (Lipinski definition) is 2. The molecular formula is C32H41N3O5S. The van der Waals surface area contributed by atoms with Gasteiger partial charge in [0.25, 0.3) is 5.91 Å². The molecular weight excluding hydrogens is 538 g/mol. The zero-order chi connectivity index (χ0) is 29.9. The molecule has 0 radical (unpaired) electrons. The standard InChI is InChI=1S/C32H41N3O5S/c1-31(2,3)23-11-12-24-21(17-23)16-22-18-26(41-28(22)35-24)27(36)34-25(13-14-33-30(38)40-32(4,5)6)19-9-8-10-20(15-19)29(37)39-7/h8-10,15-16,18,23,25H,11-14,17H2,1-7H3,(H,33,38)(H,34,36)/t23?,25-/m1/s1. The molecule has 0 bridgehead atoms. The van der Waals surface area contributed by atoms with Crippen LogP contribution in [0, 0.1) is 11.3 Å². The molecule has 0 fully saturated rings. The van der Waals surface area contributed by atoms with Crippen molar-refractivity contribution in [2.75, 3.05) is 13.7 Å². The van der Waals surface area contributed by atoms with E-state index in [2.05, 4.69) is 37.5 Å². The number of benzene rings is 1. The van der Waals surface area contributed by atoms with Crippen molar-refractivity contribution in [2.45, 2.75) is 78.9 Å². The van der Waals surface area contributed by atoms with Gasteiger partial charge in [0.2, 0.25) is 0 Å². The zero-order valence-electron chi connectivity index (χ0n) is 25.1. The van der Waals surface area contributed by atoms with Crippen molar-refractivity contribution < 1.29 is 23.9 Å². The largest absolute Gasteiger partial charge is 0.465 e. The maximum atomic E-state index is 13.5. The van der Waals surface area contributed by atoms with Gasteiger partial charge in [0.05, 0.1) is 23.6 Å². The molecule has 4 rings (SSSR count). The van der Waals surface area contributed by atoms with E-state index in [-0.39, 0.29) is 17.9 Å². The molecule has 1 unspecified atom stereocenters. The number of pyridine rings is 1. The number of amides is 2. The van der Waals surface area contributed by atoms with Crippen LogP contribution in [0.3, 0.4) is 0 Å². The van der Waals surface area contributed by atoms with Crippen molar-refractivity contribution >= 4 is 39.5 Å². The fourth-order valence-corrected chi connectivity index (χ4v) is 6.10. The molecule has 0 aliphatic heterocycles. The second-order valence-electron chi connectivity index (χ2n) is 12.8. The minimum Gasteiger partial charge on any atom is -0.465 e. The number of thiophene rings is 1. The Kier molecular flexibility index (Phi) is 9.07. The average Bonchev–Trinajstić information content (AvgIpc) is 3.32. The molecule has 41 heavy (non-hydrogen) atoms. The lowest BCUT2D eigenvalue weighted by Crippen LogP contribution is -2.35. The molecule has 2 N–H and O–H groups in total. The Bertz CT molecular complexity index is 1430. The minimum atomic E-state index is -0.616. The van der Waals surface area contributed by atoms with Gasteiger partial charge in [0.1, 0.15) is 10.4 Å². The van der Waals surface area contributed by atoms with Crippen LogP contribution in [0.5, 0.6) is 0 Å². The SMILES string of the molecule is COC(=O)c1cccc([C@@H](CCNC(=O)OC(C)(C)C)NC(=O)c2cc3cc4c(nc3s2)CCC(C(C)(C)C)C4)c1. The number of alkyl carbamates (subject to hydrolysis) is 1. The highest BCUT2D eigenvalue weighted by Gasteiger charge is 2.30. The van der Waals surface area contributed by atoms with Gasteiger partial charge in [-0.05, 0) is 93.2 Å². The Hall–Kier alpha value is -3.46. The molecule has 0 spiro atoms. The molecule has 0 saturated heterocycles. The molecule has 0 saturated carbocycles. The van der Waals surface area contributed by atoms with Gasteiger partial charge in [-0.1, -0.05) is 32.9 Å². The number of hydrogen-bond acceptors (Lipinski definition) is 7. The quantitative estimate of drug-likeness (QED) is 0.305. The number of aromatic nitrogens is 1. The predicted octanol–water partition coefficient (Wildman–Crippen LogP) is 6.62. The van der Waals surface area contributed by atoms with E-state index in [0.717, 1.165) is 40.7 Å². The lowest BCUT2D eigenvalue weighted by atomic mass is 9.71. The molecule has 1 aliphatic carbocycles. The van der Waals surface area contributed by atoms with Crippen molar-refractivity contribution in [2.24, 2.45) is 11.3 Å². The van der Waals surface area contributed by atoms with Crippen LogP contribution in [0.1, 0.15) is 97.3 Å². The zero-order valence-corrected chi connectivity index (χ0v) is 25.9. The third kappa shape index (κ3) is 7.85. The molecule has 1 aromatic carbocycles. The van der Waals surface area contributed by atoms with Crippen LogP contribution < -0.4 is 10.6 Å². The highest BCUT2D eigenvalue weighted by atomic mass is 32.1. The lowest BCUT2D eigenvalue weighted by Gasteiger charge is -2.34. The topological polar surface area (TPSA) is 107 Å². The van der Waals surface area contributed by atoms with Crippen LogP contribution in [0.15, 0.2) is 36.4 Å². The Morgan fingerprint density at radius 2 is 1.85 bits per heavy atom. The molecule has 1 aliphatic rings. The fraction of sp³-hybridized carbons (Fsp3) is 0.500. The summed E-state index contributed by atoms with van der Waals surface area (Å²) < 4.78 is 10.2. The van der Waals surface area contributed by atoms with Crippen LogP contribution in [0.4, 0.5) is 4.79 Å². The van der Waals surface area contributed by atoms with E-state index in [9.17, 15) is 14.4 Å². The van der Waals surface area contributed by atoms with Gasteiger partial charge in [-0.2, -0.15) is 0 Å². The van der Waals surface area contributed by atoms with E-state index in [4.69, 9.17) is 14.5 Å². The summed E-state index contributed by atoms with van der Waals surface area (Å²) in [6.45, 7) is 12.5. The van der Waals surface area contributed by atoms with E-state index >= 15 is 0 Å². The number of fused-ring (bicyclic) bond motifs is 2. The maximum Gasteiger partial charge on any atom is 0.407 e. The summed E-state index contributed by atoms with van der Waals surface area (Å²) >= 11 is 1.38. The van der Waals surface area contributed by atoms with Crippen molar-refractivity contribution in [1.82, 2.24) is 15.6 Å². The first-order valence-corrected chi connectivity index (χ1v) is 14.9. The second kappa shape index (κ2) is 12.2. The van der Waals surface area contributed by atoms with Gasteiger partial charge in [0.15, 0.2) is 0 Å². The van der Waals surface area contributed by atoms with Crippen LogP contribution in [-0.2, 0) is 22.3 Å². The molecule has 3 aromatic rings. The van der Waals surface area contributed by atoms with Gasteiger partial charge in [-0.3, -0.25) is 4.79 Å². The van der Waals surface area contributed by atoms with Gasteiger partial charge < -0.3 is 20.1 Å². The Morgan fingerprint density at radius 1 is 1.10 bits per heavy atom. The molecule has 220 valence electrons. The number of rotatable bonds is 7. The first-order valence-electron chi connectivity index (χ1n) is 14.1. The van der Waals surface area contributed by atoms with Crippen LogP contribution in [0.25, 0.3) is 10.2 Å². The average molecular weight is 580 g/mol. The summed E-state index contributed by atoms with van der Waals surface area (Å²) in [7, 11) is 1.33. The third-order valence-electron chi connectivity index (χ3n) is 7.44. The number of nitrogens with one attached hydrogen (secondary N) is 2. The smallest absolute Gasteiger partial charge is 0.407 e. The van der Waals surface area contributed by atoms with Gasteiger partial charge in [-0.15, -0.1) is 11.3 Å². The summed E-state index contributed by atoms with van der Waals surface area (Å²) in [5.41, 5.74) is 3.15. The van der Waals surface area contributed by atoms with E-state index in [0.29, 0.717) is 22.8 Å². The number of esters is 1. The van der Waals surface area contributed by atoms with E-state index in [1.54, 1.807) is 39.0 Å². The van der Waals surface area contributed by atoms with Gasteiger partial charge >= 0.3 is 12.1 Å². The van der Waals surface area contributed by atoms with Crippen molar-refractivity contribution in [3.05, 3.63) is 63.7 Å². The first kappa shape index (κ1) is 30.5. The number of methoxy groups -OCH3 is 1. The fourth-order valence-electron chi connectivity index (χ4n) is 5.16. The molecule has 9 heteroatoms. The Labute approximate surface area is 246 Å². The molecule has 8 nitrogen and oxygen atoms in total. The third-order valence-corrected chi connectivity index (χ3v) is 8.48. The first-order chi connectivity index (χ1) is 19.2. The lowest BCUT2D eigenvalue weighted by molar-refractivity contribution is 0.0525. The van der Waals surface area contributed by atoms with E-state index < -0.39 is 23.7 Å². The van der Waals surface area contributed by atoms with E-state index in [1.807, 2.05) is 12.1 Å². The maximum absolute atomic E-state index is 13.5. The van der Waals surface area contributed by atoms with Crippen molar-refractivity contribution in [1.29, 1.82) is 0 Å². The van der Waals surface area contributed by atoms with Crippen LogP contribution in [0.2, 0.25) is 0 Å². The normalized spacial score (nSPS) is 16.0. The van der Waals surface area contributed by atoms with Gasteiger partial charge in [0, 0.05) is 17.6 Å². The van der Waals surface area contributed by atoms with Crippen molar-refractivity contribution in [3.8, 4) is 0 Å². The Morgan fingerprint density at radius 3 is 2.54 bits per heavy atom. The monoisotopic (exact) mass is 579 g/mol. The van der Waals surface area contributed by atoms with Crippen molar-refractivity contribution in [3.63, 3.8) is 0 Å². The summed E-state index contributed by atoms with van der Waals surface area (Å²) in [5.74, 6) is -0.0900. The van der Waals surface area contributed by atoms with Gasteiger partial charge in [-0.25, -0.2) is 14.6 Å². The second-order valence-corrected chi connectivity index (χ2v) is 13.8. The minimum absolute atomic E-state index is 0.232. The molecule has 2 atom stereocenters. The number of nitrogens with zero attached hydrogens (tertiary/aromatic N) is 1. The number of aryl methyl sites for hydroxylation is 1. The molecule has 2 heterocycles. The Balaban J connectivity index is 1.54. The summed E-state index contributed by atoms with van der Waals surface area (Å²) in [5, 5.41) is 6.85. The summed E-state index contributed by atoms with van der Waals surface area (Å²) in [4.78, 5) is 44.3.